The zero-order chi connectivity index (χ0) is 24.8. The molecule has 1 saturated heterocycles. The van der Waals surface area contributed by atoms with Gasteiger partial charge in [0, 0.05) is 48.8 Å². The van der Waals surface area contributed by atoms with Crippen LogP contribution >= 0.6 is 23.8 Å². The van der Waals surface area contributed by atoms with E-state index in [4.69, 9.17) is 28.8 Å². The summed E-state index contributed by atoms with van der Waals surface area (Å²) in [5.74, 6) is 1.01. The Morgan fingerprint density at radius 3 is 2.22 bits per heavy atom. The van der Waals surface area contributed by atoms with Gasteiger partial charge in [-0.25, -0.2) is 4.98 Å². The van der Waals surface area contributed by atoms with Gasteiger partial charge in [0.05, 0.1) is 11.9 Å². The smallest absolute Gasteiger partial charge is 0.170 e. The van der Waals surface area contributed by atoms with Crippen LogP contribution in [0.15, 0.2) is 72.9 Å². The van der Waals surface area contributed by atoms with E-state index >= 15 is 0 Å². The van der Waals surface area contributed by atoms with Crippen LogP contribution in [0.25, 0.3) is 0 Å². The van der Waals surface area contributed by atoms with Crippen molar-refractivity contribution in [3.63, 3.8) is 0 Å². The summed E-state index contributed by atoms with van der Waals surface area (Å²) < 4.78 is 0. The minimum Gasteiger partial charge on any atom is -0.368 e. The van der Waals surface area contributed by atoms with Gasteiger partial charge in [0.1, 0.15) is 5.82 Å². The molecule has 5 nitrogen and oxygen atoms in total. The Balaban J connectivity index is 1.14. The maximum atomic E-state index is 6.15. The van der Waals surface area contributed by atoms with Gasteiger partial charge < -0.3 is 20.4 Å². The fourth-order valence-electron chi connectivity index (χ4n) is 5.50. The number of hydrogen-bond acceptors (Lipinski definition) is 4. The Hall–Kier alpha value is -2.83. The van der Waals surface area contributed by atoms with Gasteiger partial charge in [0.25, 0.3) is 0 Å². The average Bonchev–Trinajstić information content (AvgIpc) is 2.94. The maximum absolute atomic E-state index is 6.15. The molecule has 36 heavy (non-hydrogen) atoms. The van der Waals surface area contributed by atoms with Crippen LogP contribution in [-0.4, -0.2) is 42.8 Å². The molecule has 0 spiro atoms. The molecule has 1 aromatic heterocycles. The first-order valence-electron chi connectivity index (χ1n) is 12.9. The highest BCUT2D eigenvalue weighted by Crippen LogP contribution is 2.39. The summed E-state index contributed by atoms with van der Waals surface area (Å²) in [5.41, 5.74) is 3.64. The number of hydrogen-bond donors (Lipinski definition) is 2. The number of thiocarbonyl (C=S) groups is 1. The van der Waals surface area contributed by atoms with Gasteiger partial charge in [-0.1, -0.05) is 61.2 Å². The van der Waals surface area contributed by atoms with Crippen LogP contribution in [0.2, 0.25) is 5.02 Å². The fraction of sp³-hybridized carbons (Fsp3) is 0.379. The number of anilines is 3. The second-order valence-electron chi connectivity index (χ2n) is 9.87. The van der Waals surface area contributed by atoms with Crippen LogP contribution in [0.4, 0.5) is 17.2 Å². The van der Waals surface area contributed by atoms with Crippen molar-refractivity contribution in [3.8, 4) is 0 Å². The third kappa shape index (κ3) is 5.93. The first kappa shape index (κ1) is 24.8. The third-order valence-electron chi connectivity index (χ3n) is 7.59. The number of rotatable bonds is 6. The lowest BCUT2D eigenvalue weighted by Crippen LogP contribution is -2.46. The van der Waals surface area contributed by atoms with E-state index in [1.807, 2.05) is 18.3 Å². The SMILES string of the molecule is S=C(NCC1(c2ccc(Cl)cc2)CCCCC1)Nc1ccc(N2CCN(c3ccccc3)CC2)nc1. The van der Waals surface area contributed by atoms with Gasteiger partial charge in [-0.15, -0.1) is 0 Å². The summed E-state index contributed by atoms with van der Waals surface area (Å²) in [6.45, 7) is 4.73. The second-order valence-corrected chi connectivity index (χ2v) is 10.7. The summed E-state index contributed by atoms with van der Waals surface area (Å²) in [4.78, 5) is 9.49. The molecule has 1 saturated carbocycles. The molecule has 0 atom stereocenters. The van der Waals surface area contributed by atoms with Crippen LogP contribution in [0.1, 0.15) is 37.7 Å². The Morgan fingerprint density at radius 1 is 0.861 bits per heavy atom. The van der Waals surface area contributed by atoms with Gasteiger partial charge in [-0.2, -0.15) is 0 Å². The summed E-state index contributed by atoms with van der Waals surface area (Å²) in [7, 11) is 0. The minimum absolute atomic E-state index is 0.0958. The quantitative estimate of drug-likeness (QED) is 0.375. The van der Waals surface area contributed by atoms with Crippen molar-refractivity contribution in [2.75, 3.05) is 47.8 Å². The van der Waals surface area contributed by atoms with Crippen molar-refractivity contribution in [2.45, 2.75) is 37.5 Å². The Kier molecular flexibility index (Phi) is 7.93. The van der Waals surface area contributed by atoms with Crippen molar-refractivity contribution in [1.29, 1.82) is 0 Å². The molecular formula is C29H34ClN5S. The number of aromatic nitrogens is 1. The molecule has 2 aliphatic rings. The highest BCUT2D eigenvalue weighted by molar-refractivity contribution is 7.80. The van der Waals surface area contributed by atoms with Crippen molar-refractivity contribution in [1.82, 2.24) is 10.3 Å². The van der Waals surface area contributed by atoms with Gasteiger partial charge in [-0.3, -0.25) is 0 Å². The summed E-state index contributed by atoms with van der Waals surface area (Å²) in [6.07, 6.45) is 8.00. The Labute approximate surface area is 224 Å². The van der Waals surface area contributed by atoms with Crippen LogP contribution in [-0.2, 0) is 5.41 Å². The van der Waals surface area contributed by atoms with Crippen LogP contribution in [0.5, 0.6) is 0 Å². The zero-order valence-corrected chi connectivity index (χ0v) is 22.2. The molecule has 7 heteroatoms. The van der Waals surface area contributed by atoms with E-state index in [9.17, 15) is 0 Å². The monoisotopic (exact) mass is 519 g/mol. The predicted octanol–water partition coefficient (Wildman–Crippen LogP) is 6.25. The first-order valence-corrected chi connectivity index (χ1v) is 13.7. The van der Waals surface area contributed by atoms with Crippen molar-refractivity contribution >= 4 is 46.1 Å². The summed E-state index contributed by atoms with van der Waals surface area (Å²) in [6, 6.07) is 23.1. The Bertz CT molecular complexity index is 1120. The standard InChI is InChI=1S/C29H34ClN5S/c30-24-11-9-23(10-12-24)29(15-5-2-6-16-29)22-32-28(36)33-25-13-14-27(31-21-25)35-19-17-34(18-20-35)26-7-3-1-4-8-26/h1,3-4,7-14,21H,2,5-6,15-20,22H2,(H2,32,33,36). The zero-order valence-electron chi connectivity index (χ0n) is 20.6. The van der Waals surface area contributed by atoms with Gasteiger partial charge in [-0.05, 0) is 67.0 Å². The molecule has 0 amide bonds. The predicted molar refractivity (Wildman–Crippen MR) is 156 cm³/mol. The minimum atomic E-state index is 0.0958. The van der Waals surface area contributed by atoms with Crippen molar-refractivity contribution < 1.29 is 0 Å². The number of piperazine rings is 1. The van der Waals surface area contributed by atoms with Crippen molar-refractivity contribution in [3.05, 3.63) is 83.5 Å². The molecule has 0 unspecified atom stereocenters. The molecule has 2 heterocycles. The largest absolute Gasteiger partial charge is 0.368 e. The lowest BCUT2D eigenvalue weighted by molar-refractivity contribution is 0.292. The fourth-order valence-corrected chi connectivity index (χ4v) is 5.82. The molecule has 0 radical (unpaired) electrons. The molecule has 5 rings (SSSR count). The second kappa shape index (κ2) is 11.5. The number of nitrogens with zero attached hydrogens (tertiary/aromatic N) is 3. The average molecular weight is 520 g/mol. The molecule has 2 aromatic carbocycles. The summed E-state index contributed by atoms with van der Waals surface area (Å²) >= 11 is 11.8. The van der Waals surface area contributed by atoms with Crippen molar-refractivity contribution in [2.24, 2.45) is 0 Å². The van der Waals surface area contributed by atoms with E-state index in [0.29, 0.717) is 5.11 Å². The van der Waals surface area contributed by atoms with E-state index in [-0.39, 0.29) is 5.41 Å². The third-order valence-corrected chi connectivity index (χ3v) is 8.08. The molecular weight excluding hydrogens is 486 g/mol. The molecule has 188 valence electrons. The van der Waals surface area contributed by atoms with Gasteiger partial charge in [0.2, 0.25) is 0 Å². The molecule has 2 fully saturated rings. The lowest BCUT2D eigenvalue weighted by Gasteiger charge is -2.38. The highest BCUT2D eigenvalue weighted by atomic mass is 35.5. The molecule has 3 aromatic rings. The number of para-hydroxylation sites is 1. The first-order chi connectivity index (χ1) is 17.6. The normalized spacial score (nSPS) is 17.5. The lowest BCUT2D eigenvalue weighted by atomic mass is 9.69. The topological polar surface area (TPSA) is 43.4 Å². The van der Waals surface area contributed by atoms with Gasteiger partial charge in [0.15, 0.2) is 5.11 Å². The van der Waals surface area contributed by atoms with E-state index < -0.39 is 0 Å². The summed E-state index contributed by atoms with van der Waals surface area (Å²) in [5, 5.41) is 8.24. The van der Waals surface area contributed by atoms with Crippen LogP contribution in [0, 0.1) is 0 Å². The molecule has 1 aliphatic carbocycles. The Morgan fingerprint density at radius 2 is 1.56 bits per heavy atom. The van der Waals surface area contributed by atoms with Crippen LogP contribution in [0.3, 0.4) is 0 Å². The number of pyridine rings is 1. The molecule has 0 bridgehead atoms. The van der Waals surface area contributed by atoms with E-state index in [1.165, 1.54) is 30.5 Å². The van der Waals surface area contributed by atoms with Crippen LogP contribution < -0.4 is 20.4 Å². The van der Waals surface area contributed by atoms with E-state index in [2.05, 4.69) is 75.0 Å². The van der Waals surface area contributed by atoms with Gasteiger partial charge >= 0.3 is 0 Å². The number of benzene rings is 2. The van der Waals surface area contributed by atoms with E-state index in [1.54, 1.807) is 0 Å². The highest BCUT2D eigenvalue weighted by Gasteiger charge is 2.34. The molecule has 2 N–H and O–H groups in total. The van der Waals surface area contributed by atoms with E-state index in [0.717, 1.165) is 62.1 Å². The number of nitrogens with one attached hydrogen (secondary N) is 2. The molecule has 1 aliphatic heterocycles. The number of halogens is 1. The maximum Gasteiger partial charge on any atom is 0.170 e.